The topological polar surface area (TPSA) is 108 Å². The molecule has 2 N–H and O–H groups in total. The molecule has 0 saturated heterocycles. The summed E-state index contributed by atoms with van der Waals surface area (Å²) in [5.74, 6) is 0. The van der Waals surface area contributed by atoms with Gasteiger partial charge in [0.2, 0.25) is 0 Å². The normalized spacial score (nSPS) is 11.2. The fourth-order valence-corrected chi connectivity index (χ4v) is 1.88. The first kappa shape index (κ1) is 15.9. The molecule has 0 unspecified atom stereocenters. The number of halogens is 1. The number of benzene rings is 1. The fraction of sp³-hybridized carbons (Fsp3) is 0.333. The summed E-state index contributed by atoms with van der Waals surface area (Å²) < 4.78 is 0.337. The molecule has 0 fully saturated rings. The number of urea groups is 1. The van der Waals surface area contributed by atoms with Crippen LogP contribution in [0.15, 0.2) is 22.7 Å². The number of hydrogen-bond donors (Lipinski definition) is 2. The van der Waals surface area contributed by atoms with Crippen LogP contribution in [-0.2, 0) is 0 Å². The van der Waals surface area contributed by atoms with Crippen LogP contribution in [0.5, 0.6) is 0 Å². The number of nitro benzene ring substituents is 1. The van der Waals surface area contributed by atoms with Crippen molar-refractivity contribution >= 4 is 33.3 Å². The van der Waals surface area contributed by atoms with Crippen molar-refractivity contribution in [3.8, 4) is 6.07 Å². The molecule has 1 aromatic rings. The zero-order chi connectivity index (χ0) is 15.1. The van der Waals surface area contributed by atoms with Gasteiger partial charge in [-0.05, 0) is 34.5 Å². The van der Waals surface area contributed by atoms with E-state index in [0.29, 0.717) is 16.6 Å². The summed E-state index contributed by atoms with van der Waals surface area (Å²) in [5.41, 5.74) is 0.177. The molecule has 0 radical (unpaired) electrons. The van der Waals surface area contributed by atoms with Crippen LogP contribution in [0.4, 0.5) is 16.2 Å². The Hall–Kier alpha value is -2.14. The summed E-state index contributed by atoms with van der Waals surface area (Å²) >= 11 is 3.06. The molecule has 1 aromatic carbocycles. The maximum atomic E-state index is 11.7. The summed E-state index contributed by atoms with van der Waals surface area (Å²) in [4.78, 5) is 21.9. The van der Waals surface area contributed by atoms with Gasteiger partial charge in [-0.25, -0.2) is 4.79 Å². The van der Waals surface area contributed by atoms with E-state index < -0.39 is 11.0 Å². The van der Waals surface area contributed by atoms with Crippen LogP contribution in [0.1, 0.15) is 19.8 Å². The van der Waals surface area contributed by atoms with Gasteiger partial charge in [-0.15, -0.1) is 0 Å². The third kappa shape index (κ3) is 4.51. The maximum absolute atomic E-state index is 11.7. The zero-order valence-electron chi connectivity index (χ0n) is 10.7. The van der Waals surface area contributed by atoms with Crippen LogP contribution in [0.25, 0.3) is 0 Å². The quantitative estimate of drug-likeness (QED) is 0.633. The highest BCUT2D eigenvalue weighted by atomic mass is 79.9. The minimum atomic E-state index is -0.544. The number of nitriles is 1. The maximum Gasteiger partial charge on any atom is 0.319 e. The summed E-state index contributed by atoms with van der Waals surface area (Å²) in [6.07, 6.45) is 0.839. The minimum absolute atomic E-state index is 0.133. The van der Waals surface area contributed by atoms with Crippen molar-refractivity contribution in [3.63, 3.8) is 0 Å². The molecule has 0 heterocycles. The number of amides is 2. The van der Waals surface area contributed by atoms with Crippen molar-refractivity contribution in [1.29, 1.82) is 5.26 Å². The van der Waals surface area contributed by atoms with Crippen LogP contribution < -0.4 is 10.6 Å². The van der Waals surface area contributed by atoms with E-state index >= 15 is 0 Å². The van der Waals surface area contributed by atoms with E-state index in [1.807, 2.05) is 13.0 Å². The Bertz CT molecular complexity index is 556. The van der Waals surface area contributed by atoms with E-state index in [-0.39, 0.29) is 18.2 Å². The lowest BCUT2D eigenvalue weighted by molar-refractivity contribution is -0.385. The Morgan fingerprint density at radius 2 is 2.30 bits per heavy atom. The average Bonchev–Trinajstić information content (AvgIpc) is 2.40. The van der Waals surface area contributed by atoms with Gasteiger partial charge >= 0.3 is 6.03 Å². The number of nitrogens with zero attached hydrogens (tertiary/aromatic N) is 2. The van der Waals surface area contributed by atoms with Crippen LogP contribution in [0.3, 0.4) is 0 Å². The highest BCUT2D eigenvalue weighted by Gasteiger charge is 2.14. The molecule has 0 aromatic heterocycles. The predicted octanol–water partition coefficient (Wildman–Crippen LogP) is 3.17. The van der Waals surface area contributed by atoms with Crippen LogP contribution in [-0.4, -0.2) is 17.0 Å². The lowest BCUT2D eigenvalue weighted by Crippen LogP contribution is -2.37. The molecule has 0 aliphatic carbocycles. The number of carbonyl (C=O) groups is 1. The molecule has 1 atom stereocenters. The van der Waals surface area contributed by atoms with Gasteiger partial charge in [0, 0.05) is 17.8 Å². The van der Waals surface area contributed by atoms with Crippen molar-refractivity contribution in [1.82, 2.24) is 5.32 Å². The summed E-state index contributed by atoms with van der Waals surface area (Å²) in [7, 11) is 0. The Morgan fingerprint density at radius 1 is 1.60 bits per heavy atom. The van der Waals surface area contributed by atoms with E-state index in [4.69, 9.17) is 5.26 Å². The number of nitrogens with one attached hydrogen (secondary N) is 2. The van der Waals surface area contributed by atoms with E-state index in [0.717, 1.165) is 0 Å². The summed E-state index contributed by atoms with van der Waals surface area (Å²) in [6.45, 7) is 1.85. The van der Waals surface area contributed by atoms with Crippen molar-refractivity contribution in [2.75, 3.05) is 5.32 Å². The first-order valence-electron chi connectivity index (χ1n) is 5.86. The van der Waals surface area contributed by atoms with Crippen molar-refractivity contribution in [3.05, 3.63) is 32.8 Å². The highest BCUT2D eigenvalue weighted by Crippen LogP contribution is 2.27. The predicted molar refractivity (Wildman–Crippen MR) is 77.3 cm³/mol. The van der Waals surface area contributed by atoms with E-state index in [1.165, 1.54) is 12.1 Å². The standard InChI is InChI=1S/C12H13BrN4O3/c1-2-8(5-6-14)15-12(18)16-9-3-4-10(13)11(7-9)17(19)20/h3-4,7-8H,2,5H2,1H3,(H2,15,16,18)/t8-/m1/s1. The zero-order valence-corrected chi connectivity index (χ0v) is 12.3. The largest absolute Gasteiger partial charge is 0.334 e. The lowest BCUT2D eigenvalue weighted by Gasteiger charge is -2.14. The smallest absolute Gasteiger partial charge is 0.319 e. The monoisotopic (exact) mass is 340 g/mol. The molecule has 0 bridgehead atoms. The molecular weight excluding hydrogens is 328 g/mol. The van der Waals surface area contributed by atoms with E-state index in [9.17, 15) is 14.9 Å². The van der Waals surface area contributed by atoms with Gasteiger partial charge in [0.25, 0.3) is 5.69 Å². The van der Waals surface area contributed by atoms with Crippen molar-refractivity contribution in [2.45, 2.75) is 25.8 Å². The molecular formula is C12H13BrN4O3. The highest BCUT2D eigenvalue weighted by molar-refractivity contribution is 9.10. The number of anilines is 1. The molecule has 1 rings (SSSR count). The molecule has 2 amide bonds. The second-order valence-corrected chi connectivity index (χ2v) is 4.84. The van der Waals surface area contributed by atoms with Gasteiger partial charge in [0.05, 0.1) is 21.9 Å². The van der Waals surface area contributed by atoms with Gasteiger partial charge in [-0.3, -0.25) is 10.1 Å². The lowest BCUT2D eigenvalue weighted by atomic mass is 10.2. The van der Waals surface area contributed by atoms with Gasteiger partial charge in [0.15, 0.2) is 0 Å². The number of rotatable bonds is 5. The Labute approximate surface area is 124 Å². The molecule has 0 aliphatic rings. The molecule has 7 nitrogen and oxygen atoms in total. The van der Waals surface area contributed by atoms with Crippen LogP contribution in [0, 0.1) is 21.4 Å². The molecule has 8 heteroatoms. The van der Waals surface area contributed by atoms with Gasteiger partial charge in [0.1, 0.15) is 0 Å². The Morgan fingerprint density at radius 3 is 2.85 bits per heavy atom. The van der Waals surface area contributed by atoms with Gasteiger partial charge < -0.3 is 10.6 Å². The second-order valence-electron chi connectivity index (χ2n) is 3.99. The number of nitro groups is 1. The Kier molecular flexibility index (Phi) is 5.93. The summed E-state index contributed by atoms with van der Waals surface area (Å²) in [6, 6.07) is 5.53. The SMILES string of the molecule is CC[C@H](CC#N)NC(=O)Nc1ccc(Br)c([N+](=O)[O-])c1. The average molecular weight is 341 g/mol. The molecule has 0 spiro atoms. The number of hydrogen-bond acceptors (Lipinski definition) is 4. The first-order valence-corrected chi connectivity index (χ1v) is 6.65. The van der Waals surface area contributed by atoms with Crippen LogP contribution >= 0.6 is 15.9 Å². The minimum Gasteiger partial charge on any atom is -0.334 e. The van der Waals surface area contributed by atoms with Crippen LogP contribution in [0.2, 0.25) is 0 Å². The Balaban J connectivity index is 2.74. The van der Waals surface area contributed by atoms with E-state index in [2.05, 4.69) is 26.6 Å². The third-order valence-electron chi connectivity index (χ3n) is 2.57. The van der Waals surface area contributed by atoms with E-state index in [1.54, 1.807) is 6.07 Å². The second kappa shape index (κ2) is 7.45. The van der Waals surface area contributed by atoms with Gasteiger partial charge in [-0.2, -0.15) is 5.26 Å². The van der Waals surface area contributed by atoms with Gasteiger partial charge in [-0.1, -0.05) is 6.92 Å². The number of carbonyl (C=O) groups excluding carboxylic acids is 1. The summed E-state index contributed by atoms with van der Waals surface area (Å²) in [5, 5.41) is 24.5. The molecule has 0 aliphatic heterocycles. The molecule has 0 saturated carbocycles. The first-order chi connectivity index (χ1) is 9.47. The third-order valence-corrected chi connectivity index (χ3v) is 3.24. The van der Waals surface area contributed by atoms with Crippen molar-refractivity contribution < 1.29 is 9.72 Å². The molecule has 106 valence electrons. The fourth-order valence-electron chi connectivity index (χ4n) is 1.49. The molecule has 20 heavy (non-hydrogen) atoms. The van der Waals surface area contributed by atoms with Crippen molar-refractivity contribution in [2.24, 2.45) is 0 Å².